The number of hydrogen-bond donors (Lipinski definition) is 1. The third kappa shape index (κ3) is 9.06. The quantitative estimate of drug-likeness (QED) is 0.415. The van der Waals surface area contributed by atoms with Crippen LogP contribution in [0.5, 0.6) is 5.75 Å². The third-order valence-electron chi connectivity index (χ3n) is 6.05. The number of likely N-dealkylation sites (tertiary alicyclic amines) is 1. The van der Waals surface area contributed by atoms with Crippen LogP contribution in [-0.4, -0.2) is 29.2 Å². The van der Waals surface area contributed by atoms with Crippen molar-refractivity contribution in [3.63, 3.8) is 0 Å². The predicted molar refractivity (Wildman–Crippen MR) is 139 cm³/mol. The van der Waals surface area contributed by atoms with Gasteiger partial charge in [-0.25, -0.2) is 4.79 Å². The monoisotopic (exact) mass is 481 g/mol. The number of ether oxygens (including phenoxy) is 2. The second-order valence-electron chi connectivity index (χ2n) is 8.71. The average Bonchev–Trinajstić information content (AvgIpc) is 2.92. The summed E-state index contributed by atoms with van der Waals surface area (Å²) < 4.78 is 11.2. The van der Waals surface area contributed by atoms with E-state index in [4.69, 9.17) is 9.47 Å². The minimum Gasteiger partial charge on any atom is -0.489 e. The molecule has 0 aliphatic carbocycles. The van der Waals surface area contributed by atoms with Crippen LogP contribution in [0.25, 0.3) is 0 Å². The Balaban J connectivity index is 0.000000850. The Bertz CT molecular complexity index is 1000. The molecule has 3 aromatic rings. The van der Waals surface area contributed by atoms with Crippen LogP contribution in [0.15, 0.2) is 84.9 Å². The van der Waals surface area contributed by atoms with E-state index in [0.29, 0.717) is 32.5 Å². The van der Waals surface area contributed by atoms with Crippen molar-refractivity contribution in [2.45, 2.75) is 51.4 Å². The Labute approximate surface area is 227 Å². The van der Waals surface area contributed by atoms with Gasteiger partial charge < -0.3 is 26.4 Å². The van der Waals surface area contributed by atoms with E-state index in [9.17, 15) is 9.90 Å². The number of benzene rings is 3. The molecule has 6 heteroatoms. The van der Waals surface area contributed by atoms with Crippen molar-refractivity contribution in [3.8, 4) is 5.75 Å². The van der Waals surface area contributed by atoms with Crippen LogP contribution in [0, 0.1) is 6.92 Å². The molecular formula is C30H36LiNO4. The minimum atomic E-state index is -0.950. The molecule has 186 valence electrons. The fourth-order valence-electron chi connectivity index (χ4n) is 3.76. The molecule has 5 nitrogen and oxygen atoms in total. The van der Waals surface area contributed by atoms with Crippen molar-refractivity contribution in [2.24, 2.45) is 0 Å². The Hall–Kier alpha value is -2.71. The fraction of sp³-hybridized carbons (Fsp3) is 0.333. The third-order valence-corrected chi connectivity index (χ3v) is 6.05. The van der Waals surface area contributed by atoms with Crippen molar-refractivity contribution in [1.82, 2.24) is 4.90 Å². The van der Waals surface area contributed by atoms with E-state index in [1.54, 1.807) is 4.90 Å². The molecular weight excluding hydrogens is 445 g/mol. The van der Waals surface area contributed by atoms with Crippen molar-refractivity contribution in [1.29, 1.82) is 0 Å². The first-order valence-corrected chi connectivity index (χ1v) is 12.3. The summed E-state index contributed by atoms with van der Waals surface area (Å²) in [7, 11) is 0. The van der Waals surface area contributed by atoms with Gasteiger partial charge in [0.2, 0.25) is 0 Å². The fourth-order valence-corrected chi connectivity index (χ4v) is 3.76. The number of piperidine rings is 1. The van der Waals surface area contributed by atoms with Crippen LogP contribution in [0.1, 0.15) is 49.3 Å². The normalized spacial score (nSPS) is 14.0. The van der Waals surface area contributed by atoms with Gasteiger partial charge in [0.1, 0.15) is 19.0 Å². The molecule has 0 spiro atoms. The number of unbranched alkanes of at least 4 members (excludes halogenated alkanes) is 1. The van der Waals surface area contributed by atoms with Crippen LogP contribution in [0.2, 0.25) is 0 Å². The molecule has 0 radical (unpaired) electrons. The number of aliphatic hydroxyl groups is 1. The van der Waals surface area contributed by atoms with Gasteiger partial charge in [-0.2, -0.15) is 6.42 Å². The predicted octanol–water partition coefficient (Wildman–Crippen LogP) is 3.51. The van der Waals surface area contributed by atoms with Crippen LogP contribution >= 0.6 is 0 Å². The van der Waals surface area contributed by atoms with Gasteiger partial charge in [-0.05, 0) is 41.7 Å². The van der Waals surface area contributed by atoms with Gasteiger partial charge >= 0.3 is 25.0 Å². The molecule has 1 saturated heterocycles. The van der Waals surface area contributed by atoms with Crippen LogP contribution in [0.3, 0.4) is 0 Å². The molecule has 1 aliphatic rings. The second kappa shape index (κ2) is 15.4. The number of nitrogens with zero attached hydrogens (tertiary/aromatic N) is 1. The first-order chi connectivity index (χ1) is 17.0. The second-order valence-corrected chi connectivity index (χ2v) is 8.71. The van der Waals surface area contributed by atoms with E-state index >= 15 is 0 Å². The zero-order valence-corrected chi connectivity index (χ0v) is 21.6. The Morgan fingerprint density at radius 3 is 1.89 bits per heavy atom. The first-order valence-electron chi connectivity index (χ1n) is 12.3. The Morgan fingerprint density at radius 2 is 1.39 bits per heavy atom. The largest absolute Gasteiger partial charge is 1.00 e. The molecule has 1 amide bonds. The van der Waals surface area contributed by atoms with Gasteiger partial charge in [-0.1, -0.05) is 86.1 Å². The summed E-state index contributed by atoms with van der Waals surface area (Å²) in [5.74, 6) is 0.762. The van der Waals surface area contributed by atoms with Crippen molar-refractivity contribution >= 4 is 6.09 Å². The van der Waals surface area contributed by atoms with E-state index < -0.39 is 5.60 Å². The van der Waals surface area contributed by atoms with Gasteiger partial charge in [0.15, 0.2) is 0 Å². The van der Waals surface area contributed by atoms with Gasteiger partial charge in [-0.3, -0.25) is 0 Å². The molecule has 0 atom stereocenters. The summed E-state index contributed by atoms with van der Waals surface area (Å²) in [6, 6.07) is 27.2. The molecule has 0 aromatic heterocycles. The topological polar surface area (TPSA) is 59.0 Å². The summed E-state index contributed by atoms with van der Waals surface area (Å²) in [5, 5.41) is 11.1. The molecule has 1 aliphatic heterocycles. The zero-order valence-electron chi connectivity index (χ0n) is 21.6. The Morgan fingerprint density at radius 1 is 0.889 bits per heavy atom. The maximum absolute atomic E-state index is 12.4. The summed E-state index contributed by atoms with van der Waals surface area (Å²) in [6.45, 7) is 7.39. The van der Waals surface area contributed by atoms with Gasteiger partial charge in [0, 0.05) is 13.1 Å². The van der Waals surface area contributed by atoms with E-state index in [0.717, 1.165) is 28.9 Å². The van der Waals surface area contributed by atoms with Gasteiger partial charge in [0.05, 0.1) is 5.60 Å². The standard InChI is InChI=1S/C26H27NO4.C4H9.Li/c28-25(31-20-22-9-5-2-6-10-22)27-17-15-26(29,16-18-27)23-11-13-24(14-12-23)30-19-21-7-3-1-4-8-21;1-3-4-2;/h1-14,29H,15-20H2;1,3-4H2,2H3;/q;-1;+1. The van der Waals surface area contributed by atoms with Crippen LogP contribution in [-0.2, 0) is 23.6 Å². The molecule has 1 fully saturated rings. The molecule has 0 saturated carbocycles. The molecule has 3 aromatic carbocycles. The number of carbonyl (C=O) groups is 1. The first kappa shape index (κ1) is 29.5. The summed E-state index contributed by atoms with van der Waals surface area (Å²) >= 11 is 0. The van der Waals surface area contributed by atoms with Crippen molar-refractivity contribution in [2.75, 3.05) is 13.1 Å². The maximum Gasteiger partial charge on any atom is 1.00 e. The smallest absolute Gasteiger partial charge is 0.489 e. The summed E-state index contributed by atoms with van der Waals surface area (Å²) in [5.41, 5.74) is 1.96. The number of carbonyl (C=O) groups excluding carboxylic acids is 1. The number of amides is 1. The SMILES string of the molecule is O=C(OCc1ccccc1)N1CCC(O)(c2ccc(OCc3ccccc3)cc2)CC1.[CH2-]CCC.[Li+]. The molecule has 4 rings (SSSR count). The van der Waals surface area contributed by atoms with E-state index in [1.807, 2.05) is 84.9 Å². The van der Waals surface area contributed by atoms with Gasteiger partial charge in [0.25, 0.3) is 0 Å². The molecule has 1 N–H and O–H groups in total. The summed E-state index contributed by atoms with van der Waals surface area (Å²) in [6.07, 6.45) is 2.88. The van der Waals surface area contributed by atoms with E-state index in [1.165, 1.54) is 6.42 Å². The molecule has 1 heterocycles. The van der Waals surface area contributed by atoms with Crippen LogP contribution in [0.4, 0.5) is 4.79 Å². The van der Waals surface area contributed by atoms with E-state index in [-0.39, 0.29) is 31.6 Å². The molecule has 0 bridgehead atoms. The summed E-state index contributed by atoms with van der Waals surface area (Å²) in [4.78, 5) is 14.0. The van der Waals surface area contributed by atoms with Crippen LogP contribution < -0.4 is 23.6 Å². The van der Waals surface area contributed by atoms with Gasteiger partial charge in [-0.15, -0.1) is 0 Å². The van der Waals surface area contributed by atoms with E-state index in [2.05, 4.69) is 13.8 Å². The molecule has 36 heavy (non-hydrogen) atoms. The zero-order chi connectivity index (χ0) is 24.9. The number of hydrogen-bond acceptors (Lipinski definition) is 4. The van der Waals surface area contributed by atoms with Crippen molar-refractivity contribution in [3.05, 3.63) is 109 Å². The average molecular weight is 482 g/mol. The van der Waals surface area contributed by atoms with Crippen molar-refractivity contribution < 1.29 is 38.2 Å². The number of rotatable bonds is 7. The minimum absolute atomic E-state index is 0. The maximum atomic E-state index is 12.4. The molecule has 0 unspecified atom stereocenters. The Kier molecular flexibility index (Phi) is 12.6.